The summed E-state index contributed by atoms with van der Waals surface area (Å²) in [5.74, 6) is 0.239. The van der Waals surface area contributed by atoms with Gasteiger partial charge in [-0.1, -0.05) is 65.0 Å². The molecule has 26 heavy (non-hydrogen) atoms. The van der Waals surface area contributed by atoms with Crippen molar-refractivity contribution in [3.05, 3.63) is 65.2 Å². The Morgan fingerprint density at radius 2 is 1.88 bits per heavy atom. The molecular weight excluding hydrogens is 388 g/mol. The molecule has 0 spiro atoms. The second-order valence-corrected chi connectivity index (χ2v) is 8.13. The van der Waals surface area contributed by atoms with Crippen molar-refractivity contribution in [2.24, 2.45) is 0 Å². The summed E-state index contributed by atoms with van der Waals surface area (Å²) >= 11 is 8.68. The Labute approximate surface area is 165 Å². The summed E-state index contributed by atoms with van der Waals surface area (Å²) in [6.07, 6.45) is 0. The summed E-state index contributed by atoms with van der Waals surface area (Å²) < 4.78 is 0.748. The highest BCUT2D eigenvalue weighted by Crippen LogP contribution is 2.27. The van der Waals surface area contributed by atoms with Crippen molar-refractivity contribution >= 4 is 51.4 Å². The predicted octanol–water partition coefficient (Wildman–Crippen LogP) is 4.90. The summed E-state index contributed by atoms with van der Waals surface area (Å²) in [4.78, 5) is 12.1. The maximum absolute atomic E-state index is 12.1. The van der Waals surface area contributed by atoms with Gasteiger partial charge >= 0.3 is 0 Å². The molecule has 8 heteroatoms. The number of anilines is 2. The van der Waals surface area contributed by atoms with E-state index in [0.717, 1.165) is 15.6 Å². The van der Waals surface area contributed by atoms with Gasteiger partial charge in [-0.2, -0.15) is 0 Å². The minimum Gasteiger partial charge on any atom is -0.349 e. The molecule has 5 nitrogen and oxygen atoms in total. The lowest BCUT2D eigenvalue weighted by molar-refractivity contribution is -0.119. The zero-order chi connectivity index (χ0) is 18.4. The fourth-order valence-corrected chi connectivity index (χ4v) is 3.92. The fraction of sp³-hybridized carbons (Fsp3) is 0.167. The second-order valence-electron chi connectivity index (χ2n) is 5.49. The Morgan fingerprint density at radius 1 is 1.15 bits per heavy atom. The summed E-state index contributed by atoms with van der Waals surface area (Å²) in [5.41, 5.74) is 1.97. The molecule has 0 aliphatic heterocycles. The van der Waals surface area contributed by atoms with Crippen molar-refractivity contribution in [3.63, 3.8) is 0 Å². The van der Waals surface area contributed by atoms with Gasteiger partial charge in [0, 0.05) is 10.7 Å². The van der Waals surface area contributed by atoms with E-state index in [-0.39, 0.29) is 17.7 Å². The Morgan fingerprint density at radius 3 is 2.62 bits per heavy atom. The molecule has 0 saturated heterocycles. The molecule has 0 aliphatic rings. The third-order valence-corrected chi connectivity index (χ3v) is 5.73. The van der Waals surface area contributed by atoms with Crippen LogP contribution in [0.25, 0.3) is 0 Å². The fourth-order valence-electron chi connectivity index (χ4n) is 2.21. The maximum atomic E-state index is 12.1. The Bertz CT molecular complexity index is 855. The Kier molecular flexibility index (Phi) is 6.49. The average Bonchev–Trinajstić information content (AvgIpc) is 3.09. The minimum absolute atomic E-state index is 0.0507. The van der Waals surface area contributed by atoms with E-state index in [1.54, 1.807) is 0 Å². The number of thioether (sulfide) groups is 1. The standard InChI is InChI=1S/C18H17ClN4OS2/c1-12(13-7-9-14(19)10-8-13)20-16(24)11-25-18-23-22-17(26-18)21-15-5-3-2-4-6-15/h2-10,12H,11H2,1H3,(H,20,24)(H,21,22)/t12-/m0/s1. The normalized spacial score (nSPS) is 11.8. The van der Waals surface area contributed by atoms with Gasteiger partial charge in [0.05, 0.1) is 11.8 Å². The smallest absolute Gasteiger partial charge is 0.230 e. The number of hydrogen-bond acceptors (Lipinski definition) is 6. The molecule has 3 rings (SSSR count). The number of aromatic nitrogens is 2. The molecule has 2 aromatic carbocycles. The summed E-state index contributed by atoms with van der Waals surface area (Å²) in [5, 5.41) is 15.7. The van der Waals surface area contributed by atoms with Crippen LogP contribution in [0.1, 0.15) is 18.5 Å². The Hall–Kier alpha value is -2.09. The third kappa shape index (κ3) is 5.45. The van der Waals surface area contributed by atoms with Crippen molar-refractivity contribution < 1.29 is 4.79 Å². The van der Waals surface area contributed by atoms with E-state index in [1.807, 2.05) is 61.5 Å². The number of nitrogens with zero attached hydrogens (tertiary/aromatic N) is 2. The first kappa shape index (κ1) is 18.7. The van der Waals surface area contributed by atoms with Crippen molar-refractivity contribution in [2.75, 3.05) is 11.1 Å². The molecule has 3 aromatic rings. The summed E-state index contributed by atoms with van der Waals surface area (Å²) in [7, 11) is 0. The van der Waals surface area contributed by atoms with Gasteiger partial charge in [0.1, 0.15) is 0 Å². The molecule has 1 heterocycles. The molecule has 0 unspecified atom stereocenters. The number of carbonyl (C=O) groups excluding carboxylic acids is 1. The van der Waals surface area contributed by atoms with Crippen LogP contribution in [-0.2, 0) is 4.79 Å². The molecular formula is C18H17ClN4OS2. The number of benzene rings is 2. The summed E-state index contributed by atoms with van der Waals surface area (Å²) in [6, 6.07) is 17.1. The Balaban J connectivity index is 1.48. The average molecular weight is 405 g/mol. The molecule has 134 valence electrons. The van der Waals surface area contributed by atoms with E-state index in [9.17, 15) is 4.79 Å². The highest BCUT2D eigenvalue weighted by molar-refractivity contribution is 8.01. The van der Waals surface area contributed by atoms with Gasteiger partial charge in [0.15, 0.2) is 4.34 Å². The number of para-hydroxylation sites is 1. The first-order valence-corrected chi connectivity index (χ1v) is 10.1. The largest absolute Gasteiger partial charge is 0.349 e. The molecule has 2 N–H and O–H groups in total. The number of carbonyl (C=O) groups is 1. The topological polar surface area (TPSA) is 66.9 Å². The quantitative estimate of drug-likeness (QED) is 0.548. The van der Waals surface area contributed by atoms with Gasteiger partial charge in [-0.3, -0.25) is 4.79 Å². The molecule has 0 fully saturated rings. The number of nitrogens with one attached hydrogen (secondary N) is 2. The van der Waals surface area contributed by atoms with E-state index in [4.69, 9.17) is 11.6 Å². The SMILES string of the molecule is C[C@H](NC(=O)CSc1nnc(Nc2ccccc2)s1)c1ccc(Cl)cc1. The zero-order valence-corrected chi connectivity index (χ0v) is 16.4. The molecule has 0 saturated carbocycles. The van der Waals surface area contributed by atoms with Crippen molar-refractivity contribution in [1.82, 2.24) is 15.5 Å². The zero-order valence-electron chi connectivity index (χ0n) is 14.0. The van der Waals surface area contributed by atoms with Crippen LogP contribution in [0.5, 0.6) is 0 Å². The van der Waals surface area contributed by atoms with Crippen molar-refractivity contribution in [3.8, 4) is 0 Å². The monoisotopic (exact) mass is 404 g/mol. The molecule has 1 aromatic heterocycles. The van der Waals surface area contributed by atoms with E-state index >= 15 is 0 Å². The van der Waals surface area contributed by atoms with Crippen LogP contribution in [0.4, 0.5) is 10.8 Å². The van der Waals surface area contributed by atoms with Crippen LogP contribution in [0.15, 0.2) is 58.9 Å². The van der Waals surface area contributed by atoms with Crippen LogP contribution >= 0.6 is 34.7 Å². The highest BCUT2D eigenvalue weighted by atomic mass is 35.5. The molecule has 1 atom stereocenters. The lowest BCUT2D eigenvalue weighted by Crippen LogP contribution is -2.28. The molecule has 0 bridgehead atoms. The first-order valence-electron chi connectivity index (χ1n) is 7.93. The van der Waals surface area contributed by atoms with E-state index < -0.39 is 0 Å². The van der Waals surface area contributed by atoms with Gasteiger partial charge < -0.3 is 10.6 Å². The van der Waals surface area contributed by atoms with E-state index in [1.165, 1.54) is 23.1 Å². The number of halogens is 1. The van der Waals surface area contributed by atoms with Crippen molar-refractivity contribution in [1.29, 1.82) is 0 Å². The van der Waals surface area contributed by atoms with E-state index in [0.29, 0.717) is 10.2 Å². The van der Waals surface area contributed by atoms with Crippen molar-refractivity contribution in [2.45, 2.75) is 17.3 Å². The number of amides is 1. The second kappa shape index (κ2) is 9.02. The lowest BCUT2D eigenvalue weighted by atomic mass is 10.1. The van der Waals surface area contributed by atoms with Crippen LogP contribution in [0.3, 0.4) is 0 Å². The molecule has 0 radical (unpaired) electrons. The number of rotatable bonds is 7. The van der Waals surface area contributed by atoms with E-state index in [2.05, 4.69) is 20.8 Å². The van der Waals surface area contributed by atoms with Crippen LogP contribution in [0.2, 0.25) is 5.02 Å². The number of hydrogen-bond donors (Lipinski definition) is 2. The van der Waals surface area contributed by atoms with Gasteiger partial charge in [-0.15, -0.1) is 10.2 Å². The highest BCUT2D eigenvalue weighted by Gasteiger charge is 2.12. The van der Waals surface area contributed by atoms with Gasteiger partial charge in [-0.25, -0.2) is 0 Å². The molecule has 0 aliphatic carbocycles. The maximum Gasteiger partial charge on any atom is 0.230 e. The van der Waals surface area contributed by atoms with Gasteiger partial charge in [-0.05, 0) is 36.8 Å². The minimum atomic E-state index is -0.0786. The van der Waals surface area contributed by atoms with Gasteiger partial charge in [0.25, 0.3) is 0 Å². The first-order chi connectivity index (χ1) is 12.6. The predicted molar refractivity (Wildman–Crippen MR) is 108 cm³/mol. The lowest BCUT2D eigenvalue weighted by Gasteiger charge is -2.13. The molecule has 1 amide bonds. The van der Waals surface area contributed by atoms with Crippen LogP contribution in [0, 0.1) is 0 Å². The summed E-state index contributed by atoms with van der Waals surface area (Å²) in [6.45, 7) is 1.94. The van der Waals surface area contributed by atoms with Crippen LogP contribution in [-0.4, -0.2) is 21.9 Å². The van der Waals surface area contributed by atoms with Gasteiger partial charge in [0.2, 0.25) is 11.0 Å². The van der Waals surface area contributed by atoms with Crippen LogP contribution < -0.4 is 10.6 Å². The third-order valence-electron chi connectivity index (χ3n) is 3.51.